The quantitative estimate of drug-likeness (QED) is 0.385. The highest BCUT2D eigenvalue weighted by atomic mass is 32.2. The number of carbonyl (C=O) groups excluding carboxylic acids is 2. The Morgan fingerprint density at radius 1 is 1.12 bits per heavy atom. The van der Waals surface area contributed by atoms with E-state index in [0.717, 1.165) is 5.56 Å². The van der Waals surface area contributed by atoms with E-state index in [-0.39, 0.29) is 18.2 Å². The number of hydrogen-bond donors (Lipinski definition) is 1. The number of amides is 2. The molecule has 2 aromatic carbocycles. The Hall–Kier alpha value is -3.04. The molecular weight excluding hydrogens is 460 g/mol. The Labute approximate surface area is 203 Å². The van der Waals surface area contributed by atoms with Crippen LogP contribution in [-0.2, 0) is 9.59 Å². The van der Waals surface area contributed by atoms with E-state index in [2.05, 4.69) is 5.32 Å². The Kier molecular flexibility index (Phi) is 8.73. The van der Waals surface area contributed by atoms with Crippen molar-refractivity contribution in [3.05, 3.63) is 52.9 Å². The SMILES string of the molecule is CCOc1ccccc1NC(=O)CCCN1C(=O)/C(=C/c2ccc(OC)c(OC)c2)SC1=S. The molecule has 0 spiro atoms. The van der Waals surface area contributed by atoms with Gasteiger partial charge in [0.1, 0.15) is 10.1 Å². The zero-order chi connectivity index (χ0) is 23.8. The number of hydrogen-bond acceptors (Lipinski definition) is 7. The third-order valence-electron chi connectivity index (χ3n) is 4.83. The number of methoxy groups -OCH3 is 2. The molecule has 0 saturated carbocycles. The molecule has 1 fully saturated rings. The summed E-state index contributed by atoms with van der Waals surface area (Å²) in [5.74, 6) is 1.52. The number of rotatable bonds is 10. The zero-order valence-corrected chi connectivity index (χ0v) is 20.4. The molecule has 1 aliphatic heterocycles. The summed E-state index contributed by atoms with van der Waals surface area (Å²) in [6, 6.07) is 12.7. The first kappa shape index (κ1) is 24.6. The number of thioether (sulfide) groups is 1. The van der Waals surface area contributed by atoms with Crippen LogP contribution in [0.5, 0.6) is 17.2 Å². The van der Waals surface area contributed by atoms with E-state index < -0.39 is 0 Å². The van der Waals surface area contributed by atoms with Gasteiger partial charge >= 0.3 is 0 Å². The highest BCUT2D eigenvalue weighted by Crippen LogP contribution is 2.35. The molecule has 2 aromatic rings. The largest absolute Gasteiger partial charge is 0.493 e. The van der Waals surface area contributed by atoms with Gasteiger partial charge in [0.15, 0.2) is 11.5 Å². The number of para-hydroxylation sites is 2. The van der Waals surface area contributed by atoms with Crippen LogP contribution in [0.15, 0.2) is 47.4 Å². The fraction of sp³-hybridized carbons (Fsp3) is 0.292. The van der Waals surface area contributed by atoms with E-state index in [0.29, 0.717) is 51.7 Å². The lowest BCUT2D eigenvalue weighted by molar-refractivity contribution is -0.122. The first-order valence-electron chi connectivity index (χ1n) is 10.5. The van der Waals surface area contributed by atoms with Crippen LogP contribution in [0.3, 0.4) is 0 Å². The highest BCUT2D eigenvalue weighted by molar-refractivity contribution is 8.26. The molecule has 0 bridgehead atoms. The number of thiocarbonyl (C=S) groups is 1. The van der Waals surface area contributed by atoms with Gasteiger partial charge in [0.2, 0.25) is 5.91 Å². The molecule has 0 radical (unpaired) electrons. The van der Waals surface area contributed by atoms with Crippen LogP contribution in [0.4, 0.5) is 5.69 Å². The van der Waals surface area contributed by atoms with E-state index in [9.17, 15) is 9.59 Å². The van der Waals surface area contributed by atoms with Gasteiger partial charge in [-0.15, -0.1) is 0 Å². The molecule has 0 unspecified atom stereocenters. The van der Waals surface area contributed by atoms with E-state index in [1.54, 1.807) is 38.5 Å². The third kappa shape index (κ3) is 6.27. The van der Waals surface area contributed by atoms with Gasteiger partial charge < -0.3 is 19.5 Å². The maximum absolute atomic E-state index is 12.9. The molecule has 9 heteroatoms. The van der Waals surface area contributed by atoms with E-state index in [1.807, 2.05) is 31.2 Å². The van der Waals surface area contributed by atoms with Crippen molar-refractivity contribution in [3.8, 4) is 17.2 Å². The molecule has 0 aromatic heterocycles. The van der Waals surface area contributed by atoms with E-state index in [1.165, 1.54) is 16.7 Å². The van der Waals surface area contributed by atoms with E-state index >= 15 is 0 Å². The maximum Gasteiger partial charge on any atom is 0.266 e. The summed E-state index contributed by atoms with van der Waals surface area (Å²) in [5, 5.41) is 2.87. The molecule has 7 nitrogen and oxygen atoms in total. The molecular formula is C24H26N2O5S2. The molecule has 3 rings (SSSR count). The van der Waals surface area contributed by atoms with Crippen molar-refractivity contribution in [1.82, 2.24) is 4.90 Å². The minimum absolute atomic E-state index is 0.145. The lowest BCUT2D eigenvalue weighted by Crippen LogP contribution is -2.29. The normalized spacial score (nSPS) is 14.5. The van der Waals surface area contributed by atoms with Gasteiger partial charge in [-0.1, -0.05) is 42.2 Å². The number of anilines is 1. The molecule has 0 aliphatic carbocycles. The lowest BCUT2D eigenvalue weighted by Gasteiger charge is -2.15. The summed E-state index contributed by atoms with van der Waals surface area (Å²) in [5.41, 5.74) is 1.44. The van der Waals surface area contributed by atoms with Crippen molar-refractivity contribution in [3.63, 3.8) is 0 Å². The number of carbonyl (C=O) groups is 2. The molecule has 0 atom stereocenters. The van der Waals surface area contributed by atoms with Crippen LogP contribution in [0.25, 0.3) is 6.08 Å². The summed E-state index contributed by atoms with van der Waals surface area (Å²) in [6.07, 6.45) is 2.52. The molecule has 1 heterocycles. The number of benzene rings is 2. The van der Waals surface area contributed by atoms with Crippen LogP contribution in [0.2, 0.25) is 0 Å². The number of nitrogens with zero attached hydrogens (tertiary/aromatic N) is 1. The van der Waals surface area contributed by atoms with Gasteiger partial charge in [-0.3, -0.25) is 14.5 Å². The predicted octanol–water partition coefficient (Wildman–Crippen LogP) is 4.72. The number of ether oxygens (including phenoxy) is 3. The van der Waals surface area contributed by atoms with Crippen molar-refractivity contribution < 1.29 is 23.8 Å². The summed E-state index contributed by atoms with van der Waals surface area (Å²) < 4.78 is 16.6. The predicted molar refractivity (Wildman–Crippen MR) is 135 cm³/mol. The van der Waals surface area contributed by atoms with E-state index in [4.69, 9.17) is 26.4 Å². The van der Waals surface area contributed by atoms with Gasteiger partial charge in [0.25, 0.3) is 5.91 Å². The average Bonchev–Trinajstić information content (AvgIpc) is 3.07. The highest BCUT2D eigenvalue weighted by Gasteiger charge is 2.31. The molecule has 1 N–H and O–H groups in total. The molecule has 174 valence electrons. The first-order valence-corrected chi connectivity index (χ1v) is 11.7. The average molecular weight is 487 g/mol. The summed E-state index contributed by atoms with van der Waals surface area (Å²) in [4.78, 5) is 27.3. The lowest BCUT2D eigenvalue weighted by atomic mass is 10.2. The second-order valence-electron chi connectivity index (χ2n) is 7.03. The Bertz CT molecular complexity index is 1070. The molecule has 2 amide bonds. The van der Waals surface area contributed by atoms with Crippen LogP contribution < -0.4 is 19.5 Å². The molecule has 1 saturated heterocycles. The van der Waals surface area contributed by atoms with Gasteiger partial charge in [-0.25, -0.2) is 0 Å². The van der Waals surface area contributed by atoms with Crippen LogP contribution in [0, 0.1) is 0 Å². The summed E-state index contributed by atoms with van der Waals surface area (Å²) in [6.45, 7) is 2.77. The topological polar surface area (TPSA) is 77.1 Å². The van der Waals surface area contributed by atoms with Gasteiger partial charge in [0.05, 0.1) is 31.4 Å². The maximum atomic E-state index is 12.9. The Morgan fingerprint density at radius 2 is 1.88 bits per heavy atom. The third-order valence-corrected chi connectivity index (χ3v) is 6.20. The van der Waals surface area contributed by atoms with Crippen LogP contribution in [-0.4, -0.2) is 48.4 Å². The van der Waals surface area contributed by atoms with Gasteiger partial charge in [0, 0.05) is 13.0 Å². The Balaban J connectivity index is 1.57. The fourth-order valence-corrected chi connectivity index (χ4v) is 4.56. The second-order valence-corrected chi connectivity index (χ2v) is 8.70. The summed E-state index contributed by atoms with van der Waals surface area (Å²) in [7, 11) is 3.13. The van der Waals surface area contributed by atoms with Crippen LogP contribution in [0.1, 0.15) is 25.3 Å². The smallest absolute Gasteiger partial charge is 0.266 e. The van der Waals surface area contributed by atoms with Gasteiger partial charge in [-0.05, 0) is 49.2 Å². The fourth-order valence-electron chi connectivity index (χ4n) is 3.25. The molecule has 33 heavy (non-hydrogen) atoms. The van der Waals surface area contributed by atoms with Crippen molar-refractivity contribution >= 4 is 51.9 Å². The number of nitrogens with one attached hydrogen (secondary N) is 1. The zero-order valence-electron chi connectivity index (χ0n) is 18.8. The van der Waals surface area contributed by atoms with Crippen molar-refractivity contribution in [2.24, 2.45) is 0 Å². The van der Waals surface area contributed by atoms with Crippen molar-refractivity contribution in [1.29, 1.82) is 0 Å². The van der Waals surface area contributed by atoms with Crippen molar-refractivity contribution in [2.45, 2.75) is 19.8 Å². The van der Waals surface area contributed by atoms with Gasteiger partial charge in [-0.2, -0.15) is 0 Å². The van der Waals surface area contributed by atoms with Crippen molar-refractivity contribution in [2.75, 3.05) is 32.7 Å². The molecule has 1 aliphatic rings. The summed E-state index contributed by atoms with van der Waals surface area (Å²) >= 11 is 6.64. The van der Waals surface area contributed by atoms with Crippen LogP contribution >= 0.6 is 24.0 Å². The monoisotopic (exact) mass is 486 g/mol. The minimum atomic E-state index is -0.165. The standard InChI is InChI=1S/C24H26N2O5S2/c1-4-31-18-9-6-5-8-17(18)25-22(27)10-7-13-26-23(28)21(33-24(26)32)15-16-11-12-19(29-2)20(14-16)30-3/h5-6,8-9,11-12,14-15H,4,7,10,13H2,1-3H3,(H,25,27)/b21-15-. The first-order chi connectivity index (χ1) is 16.0. The minimum Gasteiger partial charge on any atom is -0.493 e. The second kappa shape index (κ2) is 11.7. The Morgan fingerprint density at radius 3 is 2.61 bits per heavy atom.